The second-order valence-electron chi connectivity index (χ2n) is 19.6. The highest BCUT2D eigenvalue weighted by Gasteiger charge is 2.46. The Morgan fingerprint density at radius 3 is 1.27 bits per heavy atom. The summed E-state index contributed by atoms with van der Waals surface area (Å²) in [6.07, 6.45) is -0.980. The molecule has 16 heteroatoms. The summed E-state index contributed by atoms with van der Waals surface area (Å²) < 4.78 is 53.3. The Hall–Kier alpha value is -8.74. The summed E-state index contributed by atoms with van der Waals surface area (Å²) in [6, 6.07) is 62.9. The van der Waals surface area contributed by atoms with Gasteiger partial charge in [-0.05, 0) is 90.2 Å². The molecule has 0 aromatic heterocycles. The molecule has 9 rings (SSSR count). The molecule has 0 radical (unpaired) electrons. The van der Waals surface area contributed by atoms with Gasteiger partial charge in [0.15, 0.2) is 11.5 Å². The molecule has 8 atom stereocenters. The molecule has 15 nitrogen and oxygen atoms in total. The van der Waals surface area contributed by atoms with Crippen LogP contribution in [0.2, 0.25) is 0 Å². The van der Waals surface area contributed by atoms with Crippen LogP contribution in [0, 0.1) is 0 Å². The number of esters is 4. The van der Waals surface area contributed by atoms with E-state index in [2.05, 4.69) is 13.2 Å². The van der Waals surface area contributed by atoms with E-state index in [0.29, 0.717) is 47.5 Å². The topological polar surface area (TPSA) is 178 Å². The summed E-state index contributed by atoms with van der Waals surface area (Å²) in [6.45, 7) is 7.77. The maximum Gasteiger partial charge on any atom is 0.338 e. The third-order valence-corrected chi connectivity index (χ3v) is 13.9. The fourth-order valence-corrected chi connectivity index (χ4v) is 9.78. The van der Waals surface area contributed by atoms with Gasteiger partial charge in [0.05, 0.1) is 65.8 Å². The molecule has 2 aliphatic heterocycles. The normalized spacial score (nSPS) is 19.1. The van der Waals surface area contributed by atoms with Crippen molar-refractivity contribution in [1.82, 2.24) is 0 Å². The number of carbonyl (C=O) groups excluding carboxylic acids is 5. The Labute approximate surface area is 499 Å². The van der Waals surface area contributed by atoms with Gasteiger partial charge in [-0.1, -0.05) is 164 Å². The van der Waals surface area contributed by atoms with Crippen molar-refractivity contribution >= 4 is 41.7 Å². The molecule has 0 N–H and O–H groups in total. The first-order valence-electron chi connectivity index (χ1n) is 27.7. The van der Waals surface area contributed by atoms with Crippen LogP contribution >= 0.6 is 12.0 Å². The summed E-state index contributed by atoms with van der Waals surface area (Å²) in [5.74, 6) is -1.80. The number of rotatable bonds is 28. The fraction of sp³-hybridized carbons (Fsp3) is 0.232. The van der Waals surface area contributed by atoms with Crippen LogP contribution in [0.1, 0.15) is 78.2 Å². The van der Waals surface area contributed by atoms with Crippen LogP contribution in [0.4, 0.5) is 0 Å². The lowest BCUT2D eigenvalue weighted by atomic mass is 10.00. The van der Waals surface area contributed by atoms with Crippen LogP contribution < -0.4 is 4.89 Å². The second-order valence-corrected chi connectivity index (χ2v) is 20.1. The first kappa shape index (κ1) is 62.3. The maximum absolute atomic E-state index is 13.2. The van der Waals surface area contributed by atoms with Gasteiger partial charge in [0.1, 0.15) is 43.7 Å². The van der Waals surface area contributed by atoms with Crippen molar-refractivity contribution in [3.05, 3.63) is 282 Å². The lowest BCUT2D eigenvalue weighted by Gasteiger charge is -2.25. The molecule has 2 aliphatic rings. The SMILES string of the molecule is C=CC[C@@H]1O[C@H](C[C@@H](COC(=O)c2ccccc2)OC(=O)c2ccccc2)[C@H](OCc2ccccc2)C1=CSOOc1ccccc1.C=CC[C@@H]1O[C@H](C[C@@H](COC(=O)c2ccccc2)OC(=O)c2ccccc2)[C@H](OCc2ccccc2)C1=O. The second kappa shape index (κ2) is 33.5. The van der Waals surface area contributed by atoms with Gasteiger partial charge in [-0.15, -0.1) is 17.5 Å². The standard InChI is InChI=1S/C38H36O8S.C31H30O7/c1-2-15-34-33(27-47-46-45-31-22-13-6-14-23-31)36(41-25-28-16-7-3-8-17-28)35(44-34)24-32(43-38(40)30-20-11-5-12-21-30)26-42-37(39)29-18-9-4-10-19-29;1-2-12-26-28(32)29(35-20-22-13-6-3-7-14-22)27(38-26)19-25(37-31(34)24-17-10-5-11-18-24)21-36-30(33)23-15-8-4-9-16-23/h2-14,16-23,27,32,34-36H,1,15,24-26H2;2-11,13-18,25-27,29H,1,12,19-21H2/t32-,34-,35+,36+;25-,26-,27+,29-/m00/s1. The molecule has 2 saturated heterocycles. The Balaban J connectivity index is 0.000000226. The molecular formula is C69H66O15S. The van der Waals surface area contributed by atoms with E-state index in [-0.39, 0.29) is 44.5 Å². The van der Waals surface area contributed by atoms with Gasteiger partial charge in [0.25, 0.3) is 0 Å². The average Bonchev–Trinajstić information content (AvgIpc) is 4.24. The molecule has 2 fully saturated rings. The summed E-state index contributed by atoms with van der Waals surface area (Å²) in [5, 5.41) is 1.81. The molecular weight excluding hydrogens is 1100 g/mol. The minimum atomic E-state index is -0.876. The van der Waals surface area contributed by atoms with E-state index < -0.39 is 66.6 Å². The van der Waals surface area contributed by atoms with E-state index in [1.54, 1.807) is 133 Å². The number of hydrogen-bond donors (Lipinski definition) is 0. The molecule has 7 aromatic carbocycles. The van der Waals surface area contributed by atoms with Gasteiger partial charge in [-0.3, -0.25) is 4.79 Å². The lowest BCUT2D eigenvalue weighted by Crippen LogP contribution is -2.36. The monoisotopic (exact) mass is 1170 g/mol. The molecule has 2 heterocycles. The average molecular weight is 1170 g/mol. The van der Waals surface area contributed by atoms with E-state index in [0.717, 1.165) is 28.7 Å². The summed E-state index contributed by atoms with van der Waals surface area (Å²) >= 11 is 1.01. The summed E-state index contributed by atoms with van der Waals surface area (Å²) in [5.41, 5.74) is 4.23. The fourth-order valence-electron chi connectivity index (χ4n) is 9.22. The van der Waals surface area contributed by atoms with Crippen molar-refractivity contribution in [1.29, 1.82) is 0 Å². The minimum absolute atomic E-state index is 0.0967. The van der Waals surface area contributed by atoms with Crippen molar-refractivity contribution in [2.75, 3.05) is 13.2 Å². The van der Waals surface area contributed by atoms with Crippen LogP contribution in [0.25, 0.3) is 0 Å². The van der Waals surface area contributed by atoms with E-state index in [9.17, 15) is 24.0 Å². The molecule has 0 amide bonds. The predicted octanol–water partition coefficient (Wildman–Crippen LogP) is 12.9. The smallest absolute Gasteiger partial charge is 0.338 e. The van der Waals surface area contributed by atoms with Crippen molar-refractivity contribution in [2.45, 2.75) is 87.7 Å². The maximum atomic E-state index is 13.2. The lowest BCUT2D eigenvalue weighted by molar-refractivity contribution is -0.130. The van der Waals surface area contributed by atoms with Crippen LogP contribution in [0.3, 0.4) is 0 Å². The van der Waals surface area contributed by atoms with Gasteiger partial charge in [-0.2, -0.15) is 0 Å². The van der Waals surface area contributed by atoms with Crippen molar-refractivity contribution in [2.24, 2.45) is 0 Å². The largest absolute Gasteiger partial charge is 0.458 e. The zero-order chi connectivity index (χ0) is 59.4. The number of para-hydroxylation sites is 1. The minimum Gasteiger partial charge on any atom is -0.458 e. The highest BCUT2D eigenvalue weighted by Crippen LogP contribution is 2.37. The zero-order valence-electron chi connectivity index (χ0n) is 46.7. The number of hydrogen-bond acceptors (Lipinski definition) is 16. The Morgan fingerprint density at radius 1 is 0.471 bits per heavy atom. The Kier molecular flexibility index (Phi) is 24.6. The van der Waals surface area contributed by atoms with Gasteiger partial charge >= 0.3 is 23.9 Å². The van der Waals surface area contributed by atoms with Crippen LogP contribution in [0.5, 0.6) is 5.75 Å². The van der Waals surface area contributed by atoms with Crippen LogP contribution in [-0.2, 0) is 60.2 Å². The van der Waals surface area contributed by atoms with E-state index >= 15 is 0 Å². The molecule has 0 unspecified atom stereocenters. The van der Waals surface area contributed by atoms with E-state index in [1.165, 1.54) is 0 Å². The van der Waals surface area contributed by atoms with Crippen LogP contribution in [0.15, 0.2) is 249 Å². The van der Waals surface area contributed by atoms with Crippen LogP contribution in [-0.4, -0.2) is 91.7 Å². The third-order valence-electron chi connectivity index (χ3n) is 13.4. The summed E-state index contributed by atoms with van der Waals surface area (Å²) in [4.78, 5) is 69.9. The molecule has 0 saturated carbocycles. The van der Waals surface area contributed by atoms with Crippen molar-refractivity contribution in [3.8, 4) is 5.75 Å². The predicted molar refractivity (Wildman–Crippen MR) is 320 cm³/mol. The number of benzene rings is 7. The number of Topliss-reactive ketones (excluding diaryl/α,β-unsaturated/α-hetero) is 1. The zero-order valence-corrected chi connectivity index (χ0v) is 47.5. The van der Waals surface area contributed by atoms with Gasteiger partial charge in [0, 0.05) is 18.2 Å². The molecule has 438 valence electrons. The quantitative estimate of drug-likeness (QED) is 0.00859. The Bertz CT molecular complexity index is 3230. The van der Waals surface area contributed by atoms with E-state index in [4.69, 9.17) is 47.1 Å². The Morgan fingerprint density at radius 2 is 0.835 bits per heavy atom. The first-order valence-corrected chi connectivity index (χ1v) is 28.5. The third kappa shape index (κ3) is 19.4. The van der Waals surface area contributed by atoms with Gasteiger partial charge < -0.3 is 42.8 Å². The van der Waals surface area contributed by atoms with Gasteiger partial charge in [-0.25, -0.2) is 19.2 Å². The van der Waals surface area contributed by atoms with Crippen molar-refractivity contribution < 1.29 is 71.1 Å². The number of ether oxygens (including phenoxy) is 8. The molecule has 7 aromatic rings. The summed E-state index contributed by atoms with van der Waals surface area (Å²) in [7, 11) is 0. The number of carbonyl (C=O) groups is 5. The molecule has 85 heavy (non-hydrogen) atoms. The molecule has 0 bridgehead atoms. The first-order chi connectivity index (χ1) is 41.6. The van der Waals surface area contributed by atoms with Gasteiger partial charge in [0.2, 0.25) is 0 Å². The van der Waals surface area contributed by atoms with E-state index in [1.807, 2.05) is 96.4 Å². The molecule has 0 aliphatic carbocycles. The highest BCUT2D eigenvalue weighted by molar-refractivity contribution is 7.97. The highest BCUT2D eigenvalue weighted by atomic mass is 32.2. The van der Waals surface area contributed by atoms with Crippen molar-refractivity contribution in [3.63, 3.8) is 0 Å². The molecule has 0 spiro atoms. The number of ketones is 1.